The van der Waals surface area contributed by atoms with Crippen molar-refractivity contribution in [2.24, 2.45) is 0 Å². The second-order valence-electron chi connectivity index (χ2n) is 4.15. The smallest absolute Gasteiger partial charge is 0.0640 e. The standard InChI is InChI=1S/C12H16BrClN2/c1-15-10-4-6-16(7-5-10)12-8-9(13)2-3-11(12)14/h2-3,8,10,15H,4-7H2,1H3. The van der Waals surface area contributed by atoms with Gasteiger partial charge in [-0.05, 0) is 38.1 Å². The Bertz CT molecular complexity index is 362. The number of nitrogens with one attached hydrogen (secondary N) is 1. The van der Waals surface area contributed by atoms with Gasteiger partial charge in [0, 0.05) is 23.6 Å². The summed E-state index contributed by atoms with van der Waals surface area (Å²) in [6.45, 7) is 2.14. The quantitative estimate of drug-likeness (QED) is 0.902. The summed E-state index contributed by atoms with van der Waals surface area (Å²) in [5.74, 6) is 0. The SMILES string of the molecule is CNC1CCN(c2cc(Br)ccc2Cl)CC1. The van der Waals surface area contributed by atoms with E-state index in [2.05, 4.69) is 32.2 Å². The molecular weight excluding hydrogens is 288 g/mol. The number of benzene rings is 1. The van der Waals surface area contributed by atoms with Crippen LogP contribution in [0.4, 0.5) is 5.69 Å². The van der Waals surface area contributed by atoms with E-state index in [1.54, 1.807) is 0 Å². The lowest BCUT2D eigenvalue weighted by Gasteiger charge is -2.34. The molecule has 1 heterocycles. The van der Waals surface area contributed by atoms with Gasteiger partial charge in [-0.1, -0.05) is 27.5 Å². The summed E-state index contributed by atoms with van der Waals surface area (Å²) in [5.41, 5.74) is 1.14. The van der Waals surface area contributed by atoms with E-state index in [0.717, 1.165) is 28.3 Å². The maximum absolute atomic E-state index is 6.22. The van der Waals surface area contributed by atoms with Crippen molar-refractivity contribution in [3.63, 3.8) is 0 Å². The molecule has 0 aromatic heterocycles. The largest absolute Gasteiger partial charge is 0.370 e. The Morgan fingerprint density at radius 1 is 1.38 bits per heavy atom. The average Bonchev–Trinajstić information content (AvgIpc) is 2.32. The Morgan fingerprint density at radius 3 is 2.69 bits per heavy atom. The molecule has 1 aromatic rings. The van der Waals surface area contributed by atoms with Gasteiger partial charge in [0.1, 0.15) is 0 Å². The molecule has 2 nitrogen and oxygen atoms in total. The number of hydrogen-bond donors (Lipinski definition) is 1. The maximum Gasteiger partial charge on any atom is 0.0640 e. The molecule has 1 N–H and O–H groups in total. The number of hydrogen-bond acceptors (Lipinski definition) is 2. The van der Waals surface area contributed by atoms with Crippen LogP contribution in [0.2, 0.25) is 5.02 Å². The molecular formula is C12H16BrClN2. The van der Waals surface area contributed by atoms with Crippen LogP contribution in [0, 0.1) is 0 Å². The van der Waals surface area contributed by atoms with Crippen molar-refractivity contribution in [3.8, 4) is 0 Å². The maximum atomic E-state index is 6.22. The van der Waals surface area contributed by atoms with Gasteiger partial charge < -0.3 is 10.2 Å². The molecule has 16 heavy (non-hydrogen) atoms. The van der Waals surface area contributed by atoms with Gasteiger partial charge in [0.05, 0.1) is 10.7 Å². The molecule has 0 unspecified atom stereocenters. The third-order valence-corrected chi connectivity index (χ3v) is 3.96. The van der Waals surface area contributed by atoms with Crippen molar-refractivity contribution in [3.05, 3.63) is 27.7 Å². The van der Waals surface area contributed by atoms with E-state index in [9.17, 15) is 0 Å². The summed E-state index contributed by atoms with van der Waals surface area (Å²) < 4.78 is 1.09. The highest BCUT2D eigenvalue weighted by atomic mass is 79.9. The van der Waals surface area contributed by atoms with Crippen molar-refractivity contribution in [1.82, 2.24) is 5.32 Å². The molecule has 0 aliphatic carbocycles. The average molecular weight is 304 g/mol. The molecule has 1 fully saturated rings. The summed E-state index contributed by atoms with van der Waals surface area (Å²) >= 11 is 9.71. The van der Waals surface area contributed by atoms with Crippen molar-refractivity contribution in [2.45, 2.75) is 18.9 Å². The highest BCUT2D eigenvalue weighted by molar-refractivity contribution is 9.10. The fourth-order valence-electron chi connectivity index (χ4n) is 2.14. The second-order valence-corrected chi connectivity index (χ2v) is 5.47. The summed E-state index contributed by atoms with van der Waals surface area (Å²) in [5, 5.41) is 4.17. The minimum Gasteiger partial charge on any atom is -0.370 e. The van der Waals surface area contributed by atoms with E-state index in [-0.39, 0.29) is 0 Å². The van der Waals surface area contributed by atoms with Crippen LogP contribution in [-0.4, -0.2) is 26.2 Å². The first kappa shape index (κ1) is 12.2. The molecule has 0 bridgehead atoms. The topological polar surface area (TPSA) is 15.3 Å². The molecule has 1 aromatic carbocycles. The van der Waals surface area contributed by atoms with Crippen LogP contribution < -0.4 is 10.2 Å². The van der Waals surface area contributed by atoms with E-state index < -0.39 is 0 Å². The highest BCUT2D eigenvalue weighted by Gasteiger charge is 2.19. The van der Waals surface area contributed by atoms with E-state index in [1.807, 2.05) is 19.2 Å². The van der Waals surface area contributed by atoms with Crippen LogP contribution in [-0.2, 0) is 0 Å². The Balaban J connectivity index is 2.10. The number of nitrogens with zero attached hydrogens (tertiary/aromatic N) is 1. The lowest BCUT2D eigenvalue weighted by atomic mass is 10.0. The first-order chi connectivity index (χ1) is 7.70. The lowest BCUT2D eigenvalue weighted by Crippen LogP contribution is -2.41. The number of anilines is 1. The molecule has 1 aliphatic heterocycles. The van der Waals surface area contributed by atoms with E-state index in [0.29, 0.717) is 6.04 Å². The number of piperidine rings is 1. The fraction of sp³-hybridized carbons (Fsp3) is 0.500. The van der Waals surface area contributed by atoms with Gasteiger partial charge in [-0.15, -0.1) is 0 Å². The summed E-state index contributed by atoms with van der Waals surface area (Å²) in [6.07, 6.45) is 2.36. The Kier molecular flexibility index (Phi) is 4.11. The van der Waals surface area contributed by atoms with Gasteiger partial charge >= 0.3 is 0 Å². The Labute approximate surface area is 110 Å². The lowest BCUT2D eigenvalue weighted by molar-refractivity contribution is 0.442. The molecule has 0 radical (unpaired) electrons. The van der Waals surface area contributed by atoms with Crippen LogP contribution in [0.5, 0.6) is 0 Å². The number of halogens is 2. The van der Waals surface area contributed by atoms with Crippen LogP contribution in [0.15, 0.2) is 22.7 Å². The van der Waals surface area contributed by atoms with Gasteiger partial charge in [-0.25, -0.2) is 0 Å². The molecule has 4 heteroatoms. The van der Waals surface area contributed by atoms with E-state index >= 15 is 0 Å². The zero-order valence-corrected chi connectivity index (χ0v) is 11.7. The first-order valence-corrected chi connectivity index (χ1v) is 6.75. The van der Waals surface area contributed by atoms with E-state index in [1.165, 1.54) is 12.8 Å². The molecule has 2 rings (SSSR count). The highest BCUT2D eigenvalue weighted by Crippen LogP contribution is 2.30. The van der Waals surface area contributed by atoms with Crippen LogP contribution >= 0.6 is 27.5 Å². The van der Waals surface area contributed by atoms with Gasteiger partial charge in [-0.3, -0.25) is 0 Å². The summed E-state index contributed by atoms with van der Waals surface area (Å²) in [6, 6.07) is 6.68. The molecule has 0 atom stereocenters. The monoisotopic (exact) mass is 302 g/mol. The van der Waals surface area contributed by atoms with Crippen LogP contribution in [0.1, 0.15) is 12.8 Å². The molecule has 88 valence electrons. The van der Waals surface area contributed by atoms with Crippen molar-refractivity contribution < 1.29 is 0 Å². The minimum absolute atomic E-state index is 0.655. The zero-order valence-electron chi connectivity index (χ0n) is 9.34. The third-order valence-electron chi connectivity index (χ3n) is 3.15. The normalized spacial score (nSPS) is 17.8. The molecule has 0 amide bonds. The van der Waals surface area contributed by atoms with Crippen molar-refractivity contribution in [1.29, 1.82) is 0 Å². The predicted molar refractivity (Wildman–Crippen MR) is 73.4 cm³/mol. The summed E-state index contributed by atoms with van der Waals surface area (Å²) in [4.78, 5) is 2.36. The molecule has 1 aliphatic rings. The van der Waals surface area contributed by atoms with Gasteiger partial charge in [0.15, 0.2) is 0 Å². The van der Waals surface area contributed by atoms with Crippen LogP contribution in [0.3, 0.4) is 0 Å². The number of rotatable bonds is 2. The zero-order chi connectivity index (χ0) is 11.5. The Morgan fingerprint density at radius 2 is 2.06 bits per heavy atom. The van der Waals surface area contributed by atoms with Crippen molar-refractivity contribution >= 4 is 33.2 Å². The van der Waals surface area contributed by atoms with Gasteiger partial charge in [0.2, 0.25) is 0 Å². The second kappa shape index (κ2) is 5.39. The van der Waals surface area contributed by atoms with E-state index in [4.69, 9.17) is 11.6 Å². The Hall–Kier alpha value is -0.250. The summed E-state index contributed by atoms with van der Waals surface area (Å²) in [7, 11) is 2.03. The van der Waals surface area contributed by atoms with Gasteiger partial charge in [0.25, 0.3) is 0 Å². The molecule has 0 saturated carbocycles. The van der Waals surface area contributed by atoms with Crippen molar-refractivity contribution in [2.75, 3.05) is 25.0 Å². The molecule has 1 saturated heterocycles. The molecule has 0 spiro atoms. The fourth-order valence-corrected chi connectivity index (χ4v) is 2.72. The predicted octanol–water partition coefficient (Wildman–Crippen LogP) is 3.29. The van der Waals surface area contributed by atoms with Crippen LogP contribution in [0.25, 0.3) is 0 Å². The van der Waals surface area contributed by atoms with Gasteiger partial charge in [-0.2, -0.15) is 0 Å². The minimum atomic E-state index is 0.655. The third kappa shape index (κ3) is 2.70. The first-order valence-electron chi connectivity index (χ1n) is 5.58.